The predicted molar refractivity (Wildman–Crippen MR) is 108 cm³/mol. The smallest absolute Gasteiger partial charge is 0.258 e. The van der Waals surface area contributed by atoms with Crippen LogP contribution >= 0.6 is 11.6 Å². The first-order chi connectivity index (χ1) is 12.8. The molecule has 0 atom stereocenters. The van der Waals surface area contributed by atoms with E-state index < -0.39 is 0 Å². The van der Waals surface area contributed by atoms with Gasteiger partial charge in [0.15, 0.2) is 0 Å². The zero-order valence-corrected chi connectivity index (χ0v) is 16.2. The Bertz CT molecular complexity index is 1060. The van der Waals surface area contributed by atoms with E-state index in [1.807, 2.05) is 32.0 Å². The SMILES string of the molecule is Cc1cccc(NC(=O)CN(C)Cc2nc3ccc(Cl)cc3c(=O)[nH]2)c1C. The van der Waals surface area contributed by atoms with Crippen molar-refractivity contribution >= 4 is 34.1 Å². The average Bonchev–Trinajstić information content (AvgIpc) is 2.59. The van der Waals surface area contributed by atoms with Gasteiger partial charge in [0, 0.05) is 10.7 Å². The van der Waals surface area contributed by atoms with Crippen molar-refractivity contribution < 1.29 is 4.79 Å². The van der Waals surface area contributed by atoms with Crippen LogP contribution in [0.25, 0.3) is 10.9 Å². The number of aromatic amines is 1. The molecule has 6 nitrogen and oxygen atoms in total. The molecule has 0 saturated heterocycles. The van der Waals surface area contributed by atoms with E-state index in [-0.39, 0.29) is 18.0 Å². The number of hydrogen-bond acceptors (Lipinski definition) is 4. The monoisotopic (exact) mass is 384 g/mol. The maximum atomic E-state index is 12.3. The number of H-pyrrole nitrogens is 1. The van der Waals surface area contributed by atoms with Crippen molar-refractivity contribution in [3.8, 4) is 0 Å². The Hall–Kier alpha value is -2.70. The Morgan fingerprint density at radius 2 is 2.04 bits per heavy atom. The summed E-state index contributed by atoms with van der Waals surface area (Å²) in [6.45, 7) is 4.50. The standard InChI is InChI=1S/C20H21ClN4O2/c1-12-5-4-6-16(13(12)2)23-19(26)11-25(3)10-18-22-17-8-7-14(21)9-15(17)20(27)24-18/h4-9H,10-11H2,1-3H3,(H,23,26)(H,22,24,27). The lowest BCUT2D eigenvalue weighted by Gasteiger charge is -2.17. The fraction of sp³-hybridized carbons (Fsp3) is 0.250. The van der Waals surface area contributed by atoms with Crippen molar-refractivity contribution in [3.05, 3.63) is 68.7 Å². The van der Waals surface area contributed by atoms with Crippen molar-refractivity contribution in [1.29, 1.82) is 0 Å². The molecule has 1 aromatic heterocycles. The molecule has 2 aromatic carbocycles. The summed E-state index contributed by atoms with van der Waals surface area (Å²) in [5.74, 6) is 0.373. The van der Waals surface area contributed by atoms with Gasteiger partial charge in [0.1, 0.15) is 5.82 Å². The van der Waals surface area contributed by atoms with E-state index in [0.29, 0.717) is 28.3 Å². The van der Waals surface area contributed by atoms with E-state index in [2.05, 4.69) is 15.3 Å². The van der Waals surface area contributed by atoms with Gasteiger partial charge in [-0.3, -0.25) is 14.5 Å². The molecule has 0 aliphatic heterocycles. The zero-order chi connectivity index (χ0) is 19.6. The van der Waals surface area contributed by atoms with Crippen LogP contribution in [0.5, 0.6) is 0 Å². The third-order valence-electron chi connectivity index (χ3n) is 4.43. The normalized spacial score (nSPS) is 11.1. The molecule has 0 aliphatic carbocycles. The summed E-state index contributed by atoms with van der Waals surface area (Å²) in [6, 6.07) is 10.8. The summed E-state index contributed by atoms with van der Waals surface area (Å²) in [4.78, 5) is 33.5. The van der Waals surface area contributed by atoms with Crippen molar-refractivity contribution in [2.75, 3.05) is 18.9 Å². The zero-order valence-electron chi connectivity index (χ0n) is 15.5. The minimum atomic E-state index is -0.245. The van der Waals surface area contributed by atoms with Gasteiger partial charge in [0.2, 0.25) is 5.91 Å². The largest absolute Gasteiger partial charge is 0.325 e. The molecule has 0 aliphatic rings. The number of halogens is 1. The van der Waals surface area contributed by atoms with E-state index in [1.165, 1.54) is 0 Å². The van der Waals surface area contributed by atoms with Crippen LogP contribution < -0.4 is 10.9 Å². The maximum Gasteiger partial charge on any atom is 0.258 e. The molecule has 3 rings (SSSR count). The van der Waals surface area contributed by atoms with Gasteiger partial charge < -0.3 is 10.3 Å². The molecule has 140 valence electrons. The Morgan fingerprint density at radius 1 is 1.26 bits per heavy atom. The lowest BCUT2D eigenvalue weighted by atomic mass is 10.1. The van der Waals surface area contributed by atoms with E-state index >= 15 is 0 Å². The van der Waals surface area contributed by atoms with Gasteiger partial charge >= 0.3 is 0 Å². The molecular weight excluding hydrogens is 364 g/mol. The fourth-order valence-electron chi connectivity index (χ4n) is 2.87. The lowest BCUT2D eigenvalue weighted by molar-refractivity contribution is -0.117. The molecule has 3 aromatic rings. The molecule has 7 heteroatoms. The van der Waals surface area contributed by atoms with Gasteiger partial charge in [-0.05, 0) is 56.3 Å². The molecule has 0 spiro atoms. The highest BCUT2D eigenvalue weighted by Gasteiger charge is 2.12. The Balaban J connectivity index is 1.68. The molecule has 0 saturated carbocycles. The van der Waals surface area contributed by atoms with E-state index in [9.17, 15) is 9.59 Å². The third kappa shape index (κ3) is 4.53. The van der Waals surface area contributed by atoms with Crippen LogP contribution in [-0.2, 0) is 11.3 Å². The van der Waals surface area contributed by atoms with Crippen LogP contribution in [0.2, 0.25) is 5.02 Å². The molecule has 1 heterocycles. The van der Waals surface area contributed by atoms with Gasteiger partial charge in [-0.1, -0.05) is 23.7 Å². The number of amides is 1. The Kier molecular flexibility index (Phi) is 5.58. The van der Waals surface area contributed by atoms with Crippen LogP contribution in [0.1, 0.15) is 17.0 Å². The van der Waals surface area contributed by atoms with Crippen LogP contribution in [0.3, 0.4) is 0 Å². The first kappa shape index (κ1) is 19.1. The number of anilines is 1. The molecule has 0 fully saturated rings. The highest BCUT2D eigenvalue weighted by molar-refractivity contribution is 6.31. The summed E-state index contributed by atoms with van der Waals surface area (Å²) in [7, 11) is 1.80. The summed E-state index contributed by atoms with van der Waals surface area (Å²) in [5.41, 5.74) is 3.31. The van der Waals surface area contributed by atoms with Crippen LogP contribution in [-0.4, -0.2) is 34.4 Å². The van der Waals surface area contributed by atoms with Crippen molar-refractivity contribution in [1.82, 2.24) is 14.9 Å². The topological polar surface area (TPSA) is 78.1 Å². The summed E-state index contributed by atoms with van der Waals surface area (Å²) < 4.78 is 0. The van der Waals surface area contributed by atoms with Crippen molar-refractivity contribution in [3.63, 3.8) is 0 Å². The second-order valence-electron chi connectivity index (χ2n) is 6.64. The molecule has 2 N–H and O–H groups in total. The number of benzene rings is 2. The van der Waals surface area contributed by atoms with Gasteiger partial charge in [0.05, 0.1) is 24.0 Å². The molecule has 0 bridgehead atoms. The Morgan fingerprint density at radius 3 is 2.81 bits per heavy atom. The van der Waals surface area contributed by atoms with Crippen LogP contribution in [0.4, 0.5) is 5.69 Å². The number of carbonyl (C=O) groups is 1. The van der Waals surface area contributed by atoms with Gasteiger partial charge in [-0.2, -0.15) is 0 Å². The average molecular weight is 385 g/mol. The van der Waals surface area contributed by atoms with Crippen LogP contribution in [0, 0.1) is 13.8 Å². The number of likely N-dealkylation sites (N-methyl/N-ethyl adjacent to an activating group) is 1. The second-order valence-corrected chi connectivity index (χ2v) is 7.08. The Labute approximate surface area is 162 Å². The number of rotatable bonds is 5. The number of hydrogen-bond donors (Lipinski definition) is 2. The highest BCUT2D eigenvalue weighted by Crippen LogP contribution is 2.18. The number of nitrogens with one attached hydrogen (secondary N) is 2. The third-order valence-corrected chi connectivity index (χ3v) is 4.66. The number of carbonyl (C=O) groups excluding carboxylic acids is 1. The first-order valence-corrected chi connectivity index (χ1v) is 8.94. The van der Waals surface area contributed by atoms with Gasteiger partial charge in [0.25, 0.3) is 5.56 Å². The highest BCUT2D eigenvalue weighted by atomic mass is 35.5. The maximum absolute atomic E-state index is 12.3. The van der Waals surface area contributed by atoms with Crippen molar-refractivity contribution in [2.24, 2.45) is 0 Å². The van der Waals surface area contributed by atoms with E-state index in [1.54, 1.807) is 30.1 Å². The summed E-state index contributed by atoms with van der Waals surface area (Å²) in [5, 5.41) is 3.86. The first-order valence-electron chi connectivity index (χ1n) is 8.56. The number of fused-ring (bicyclic) bond motifs is 1. The van der Waals surface area contributed by atoms with E-state index in [4.69, 9.17) is 11.6 Å². The molecule has 0 unspecified atom stereocenters. The fourth-order valence-corrected chi connectivity index (χ4v) is 3.04. The molecule has 27 heavy (non-hydrogen) atoms. The van der Waals surface area contributed by atoms with Crippen molar-refractivity contribution in [2.45, 2.75) is 20.4 Å². The van der Waals surface area contributed by atoms with Gasteiger partial charge in [-0.25, -0.2) is 4.98 Å². The quantitative estimate of drug-likeness (QED) is 0.707. The molecule has 1 amide bonds. The molecular formula is C20H21ClN4O2. The summed E-state index contributed by atoms with van der Waals surface area (Å²) in [6.07, 6.45) is 0. The van der Waals surface area contributed by atoms with Crippen LogP contribution in [0.15, 0.2) is 41.2 Å². The number of aryl methyl sites for hydroxylation is 1. The number of aromatic nitrogens is 2. The second kappa shape index (κ2) is 7.90. The predicted octanol–water partition coefficient (Wildman–Crippen LogP) is 3.26. The van der Waals surface area contributed by atoms with Gasteiger partial charge in [-0.15, -0.1) is 0 Å². The lowest BCUT2D eigenvalue weighted by Crippen LogP contribution is -2.31. The summed E-state index contributed by atoms with van der Waals surface area (Å²) >= 11 is 5.93. The molecule has 0 radical (unpaired) electrons. The van der Waals surface area contributed by atoms with E-state index in [0.717, 1.165) is 16.8 Å². The minimum absolute atomic E-state index is 0.124. The minimum Gasteiger partial charge on any atom is -0.325 e. The number of nitrogens with zero attached hydrogens (tertiary/aromatic N) is 2.